The number of nitrogens with one attached hydrogen (secondary N) is 1. The zero-order chi connectivity index (χ0) is 15.2. The van der Waals surface area contributed by atoms with Crippen molar-refractivity contribution in [2.75, 3.05) is 13.1 Å². The van der Waals surface area contributed by atoms with E-state index in [4.69, 9.17) is 0 Å². The number of aromatic amines is 1. The fourth-order valence-corrected chi connectivity index (χ4v) is 2.52. The molecule has 1 saturated heterocycles. The van der Waals surface area contributed by atoms with Gasteiger partial charge in [-0.2, -0.15) is 0 Å². The normalized spacial score (nSPS) is 17.6. The van der Waals surface area contributed by atoms with Crippen LogP contribution < -0.4 is 5.56 Å². The number of alkyl halides is 2. The van der Waals surface area contributed by atoms with Crippen LogP contribution in [0.3, 0.4) is 0 Å². The Hall–Kier alpha value is -2.25. The standard InChI is InChI=1S/C13H14F2N4O2/c1-8-9(12(21)19-10(17-8)2-4-16-19)6-11(20)18-5-3-13(14,15)7-18/h2,4,16H,3,5-7H2,1H3. The minimum atomic E-state index is -2.83. The number of aryl methyl sites for hydroxylation is 1. The molecule has 0 unspecified atom stereocenters. The van der Waals surface area contributed by atoms with Crippen LogP contribution in [0.2, 0.25) is 0 Å². The largest absolute Gasteiger partial charge is 0.336 e. The number of hydrogen-bond acceptors (Lipinski definition) is 3. The Balaban J connectivity index is 1.88. The lowest BCUT2D eigenvalue weighted by Gasteiger charge is -2.16. The van der Waals surface area contributed by atoms with Gasteiger partial charge in [0.2, 0.25) is 5.91 Å². The van der Waals surface area contributed by atoms with Crippen molar-refractivity contribution >= 4 is 11.6 Å². The van der Waals surface area contributed by atoms with Crippen LogP contribution >= 0.6 is 0 Å². The summed E-state index contributed by atoms with van der Waals surface area (Å²) in [6.45, 7) is 1.07. The number of rotatable bonds is 2. The number of carbonyl (C=O) groups is 1. The first-order chi connectivity index (χ1) is 9.87. The van der Waals surface area contributed by atoms with Crippen molar-refractivity contribution in [3.8, 4) is 0 Å². The number of amides is 1. The Labute approximate surface area is 118 Å². The molecule has 0 saturated carbocycles. The van der Waals surface area contributed by atoms with Gasteiger partial charge in [0.15, 0.2) is 5.65 Å². The molecule has 1 aliphatic rings. The SMILES string of the molecule is Cc1nc2cc[nH]n2c(=O)c1CC(=O)N1CCC(F)(F)C1. The van der Waals surface area contributed by atoms with E-state index in [2.05, 4.69) is 10.1 Å². The van der Waals surface area contributed by atoms with Crippen molar-refractivity contribution < 1.29 is 13.6 Å². The van der Waals surface area contributed by atoms with E-state index in [1.165, 1.54) is 4.52 Å². The summed E-state index contributed by atoms with van der Waals surface area (Å²) in [5.41, 5.74) is 0.761. The molecule has 1 amide bonds. The second kappa shape index (κ2) is 4.64. The highest BCUT2D eigenvalue weighted by Crippen LogP contribution is 2.27. The Morgan fingerprint density at radius 2 is 2.29 bits per heavy atom. The van der Waals surface area contributed by atoms with E-state index in [1.807, 2.05) is 0 Å². The number of nitrogens with zero attached hydrogens (tertiary/aromatic N) is 3. The summed E-state index contributed by atoms with van der Waals surface area (Å²) in [5.74, 6) is -3.30. The molecule has 2 aromatic rings. The molecular weight excluding hydrogens is 282 g/mol. The monoisotopic (exact) mass is 296 g/mol. The highest BCUT2D eigenvalue weighted by atomic mass is 19.3. The Kier molecular flexibility index (Phi) is 3.03. The predicted molar refractivity (Wildman–Crippen MR) is 70.4 cm³/mol. The molecule has 0 radical (unpaired) electrons. The Morgan fingerprint density at radius 3 is 2.95 bits per heavy atom. The lowest BCUT2D eigenvalue weighted by atomic mass is 10.1. The number of fused-ring (bicyclic) bond motifs is 1. The molecule has 1 N–H and O–H groups in total. The summed E-state index contributed by atoms with van der Waals surface area (Å²) in [7, 11) is 0. The van der Waals surface area contributed by atoms with Gasteiger partial charge in [-0.05, 0) is 6.92 Å². The number of halogens is 2. The number of hydrogen-bond donors (Lipinski definition) is 1. The lowest BCUT2D eigenvalue weighted by Crippen LogP contribution is -2.34. The van der Waals surface area contributed by atoms with Crippen LogP contribution in [0.1, 0.15) is 17.7 Å². The second-order valence-electron chi connectivity index (χ2n) is 5.23. The maximum atomic E-state index is 13.1. The smallest absolute Gasteiger partial charge is 0.276 e. The highest BCUT2D eigenvalue weighted by Gasteiger charge is 2.40. The van der Waals surface area contributed by atoms with Crippen molar-refractivity contribution in [3.63, 3.8) is 0 Å². The van der Waals surface area contributed by atoms with Crippen LogP contribution in [-0.4, -0.2) is 44.4 Å². The minimum Gasteiger partial charge on any atom is -0.336 e. The van der Waals surface area contributed by atoms with E-state index in [0.717, 1.165) is 4.90 Å². The number of likely N-dealkylation sites (tertiary alicyclic amines) is 1. The second-order valence-corrected chi connectivity index (χ2v) is 5.23. The zero-order valence-corrected chi connectivity index (χ0v) is 11.4. The van der Waals surface area contributed by atoms with Gasteiger partial charge in [-0.25, -0.2) is 18.3 Å². The fourth-order valence-electron chi connectivity index (χ4n) is 2.52. The zero-order valence-electron chi connectivity index (χ0n) is 11.4. The van der Waals surface area contributed by atoms with Gasteiger partial charge in [0.05, 0.1) is 13.0 Å². The fraction of sp³-hybridized carbons (Fsp3) is 0.462. The summed E-state index contributed by atoms with van der Waals surface area (Å²) in [5, 5.41) is 2.71. The van der Waals surface area contributed by atoms with E-state index in [1.54, 1.807) is 19.2 Å². The van der Waals surface area contributed by atoms with Crippen LogP contribution in [0, 0.1) is 6.92 Å². The van der Waals surface area contributed by atoms with Crippen molar-refractivity contribution in [1.29, 1.82) is 0 Å². The minimum absolute atomic E-state index is 0.0182. The lowest BCUT2D eigenvalue weighted by molar-refractivity contribution is -0.130. The average Bonchev–Trinajstić information content (AvgIpc) is 3.00. The van der Waals surface area contributed by atoms with E-state index in [0.29, 0.717) is 11.3 Å². The summed E-state index contributed by atoms with van der Waals surface area (Å²) < 4.78 is 27.5. The third-order valence-electron chi connectivity index (χ3n) is 3.70. The quantitative estimate of drug-likeness (QED) is 0.888. The Bertz CT molecular complexity index is 765. The number of aromatic nitrogens is 3. The van der Waals surface area contributed by atoms with E-state index in [-0.39, 0.29) is 30.5 Å². The molecule has 1 fully saturated rings. The molecule has 0 spiro atoms. The molecule has 3 heterocycles. The average molecular weight is 296 g/mol. The maximum absolute atomic E-state index is 13.1. The predicted octanol–water partition coefficient (Wildman–Crippen LogP) is 0.741. The van der Waals surface area contributed by atoms with Crippen LogP contribution in [0.15, 0.2) is 17.1 Å². The summed E-state index contributed by atoms with van der Waals surface area (Å²) >= 11 is 0. The van der Waals surface area contributed by atoms with Crippen molar-refractivity contribution in [2.45, 2.75) is 25.7 Å². The van der Waals surface area contributed by atoms with Gasteiger partial charge in [-0.1, -0.05) is 0 Å². The molecule has 0 bridgehead atoms. The molecule has 6 nitrogen and oxygen atoms in total. The van der Waals surface area contributed by atoms with Crippen LogP contribution in [0.5, 0.6) is 0 Å². The molecule has 3 rings (SSSR count). The van der Waals surface area contributed by atoms with Crippen molar-refractivity contribution in [3.05, 3.63) is 33.9 Å². The Morgan fingerprint density at radius 1 is 1.52 bits per heavy atom. The maximum Gasteiger partial charge on any atom is 0.276 e. The summed E-state index contributed by atoms with van der Waals surface area (Å²) in [4.78, 5) is 29.7. The summed E-state index contributed by atoms with van der Waals surface area (Å²) in [6.07, 6.45) is 1.02. The van der Waals surface area contributed by atoms with Gasteiger partial charge in [0.1, 0.15) is 0 Å². The summed E-state index contributed by atoms with van der Waals surface area (Å²) in [6, 6.07) is 1.64. The molecule has 0 aliphatic carbocycles. The van der Waals surface area contributed by atoms with E-state index < -0.39 is 18.4 Å². The van der Waals surface area contributed by atoms with Gasteiger partial charge in [-0.3, -0.25) is 14.7 Å². The van der Waals surface area contributed by atoms with Gasteiger partial charge in [0.25, 0.3) is 11.5 Å². The molecule has 2 aromatic heterocycles. The first kappa shape index (κ1) is 13.7. The molecule has 0 aromatic carbocycles. The van der Waals surface area contributed by atoms with E-state index >= 15 is 0 Å². The van der Waals surface area contributed by atoms with Gasteiger partial charge in [0, 0.05) is 36.5 Å². The van der Waals surface area contributed by atoms with Crippen LogP contribution in [0.25, 0.3) is 5.65 Å². The van der Waals surface area contributed by atoms with Gasteiger partial charge in [-0.15, -0.1) is 0 Å². The van der Waals surface area contributed by atoms with Crippen LogP contribution in [0.4, 0.5) is 8.78 Å². The first-order valence-corrected chi connectivity index (χ1v) is 6.59. The van der Waals surface area contributed by atoms with Gasteiger partial charge < -0.3 is 4.90 Å². The topological polar surface area (TPSA) is 70.5 Å². The highest BCUT2D eigenvalue weighted by molar-refractivity contribution is 5.79. The molecule has 8 heteroatoms. The molecular formula is C13H14F2N4O2. The number of H-pyrrole nitrogens is 1. The molecule has 0 atom stereocenters. The van der Waals surface area contributed by atoms with Crippen molar-refractivity contribution in [1.82, 2.24) is 19.5 Å². The van der Waals surface area contributed by atoms with E-state index in [9.17, 15) is 18.4 Å². The van der Waals surface area contributed by atoms with Crippen molar-refractivity contribution in [2.24, 2.45) is 0 Å². The van der Waals surface area contributed by atoms with Gasteiger partial charge >= 0.3 is 0 Å². The number of carbonyl (C=O) groups excluding carboxylic acids is 1. The molecule has 21 heavy (non-hydrogen) atoms. The third-order valence-corrected chi connectivity index (χ3v) is 3.70. The first-order valence-electron chi connectivity index (χ1n) is 6.59. The molecule has 112 valence electrons. The van der Waals surface area contributed by atoms with Crippen LogP contribution in [-0.2, 0) is 11.2 Å². The molecule has 1 aliphatic heterocycles. The third kappa shape index (κ3) is 2.41.